The number of ether oxygens (including phenoxy) is 2. The van der Waals surface area contributed by atoms with Crippen LogP contribution in [0.15, 0.2) is 77.8 Å². The Morgan fingerprint density at radius 1 is 1.03 bits per heavy atom. The molecule has 172 valence electrons. The second-order valence-corrected chi connectivity index (χ2v) is 8.44. The summed E-state index contributed by atoms with van der Waals surface area (Å²) in [5.74, 6) is -0.140. The molecule has 0 saturated carbocycles. The standard InChI is InChI=1S/C27H30N2O4/c30-24(29-18-8-9-19-29)15-17-27(16-7-10-20-32-21-22-11-3-1-4-12-22)26(31)28-25(33-27)23-13-5-2-6-14-23/h1-6,11-15,17H,7-10,16,18-21H2/b17-15-/t27-/m1/s1. The lowest BCUT2D eigenvalue weighted by molar-refractivity contribution is -0.127. The fourth-order valence-corrected chi connectivity index (χ4v) is 4.08. The van der Waals surface area contributed by atoms with Crippen molar-refractivity contribution in [3.05, 3.63) is 83.9 Å². The maximum Gasteiger partial charge on any atom is 0.297 e. The summed E-state index contributed by atoms with van der Waals surface area (Å²) in [6.45, 7) is 2.67. The molecule has 0 aliphatic carbocycles. The second kappa shape index (κ2) is 11.1. The molecule has 0 bridgehead atoms. The van der Waals surface area contributed by atoms with Gasteiger partial charge in [0.25, 0.3) is 5.91 Å². The summed E-state index contributed by atoms with van der Waals surface area (Å²) < 4.78 is 11.9. The van der Waals surface area contributed by atoms with Gasteiger partial charge in [-0.3, -0.25) is 9.59 Å². The third-order valence-electron chi connectivity index (χ3n) is 5.98. The Bertz CT molecular complexity index is 997. The van der Waals surface area contributed by atoms with Crippen molar-refractivity contribution in [3.8, 4) is 0 Å². The number of benzene rings is 2. The summed E-state index contributed by atoms with van der Waals surface area (Å²) in [7, 11) is 0. The van der Waals surface area contributed by atoms with Crippen LogP contribution < -0.4 is 0 Å². The minimum Gasteiger partial charge on any atom is -0.456 e. The number of hydrogen-bond donors (Lipinski definition) is 0. The van der Waals surface area contributed by atoms with Crippen molar-refractivity contribution in [2.24, 2.45) is 4.99 Å². The van der Waals surface area contributed by atoms with E-state index in [1.807, 2.05) is 60.7 Å². The first-order valence-corrected chi connectivity index (χ1v) is 11.6. The third kappa shape index (κ3) is 5.96. The SMILES string of the molecule is O=C(/C=C\[C@@]1(CCCCOCc2ccccc2)OC(c2ccccc2)=NC1=O)N1CCCC1. The molecule has 1 atom stereocenters. The summed E-state index contributed by atoms with van der Waals surface area (Å²) >= 11 is 0. The summed E-state index contributed by atoms with van der Waals surface area (Å²) in [5, 5.41) is 0. The zero-order valence-electron chi connectivity index (χ0n) is 18.8. The van der Waals surface area contributed by atoms with Crippen LogP contribution >= 0.6 is 0 Å². The topological polar surface area (TPSA) is 68.2 Å². The number of carbonyl (C=O) groups excluding carboxylic acids is 2. The van der Waals surface area contributed by atoms with Crippen LogP contribution in [0.4, 0.5) is 0 Å². The highest BCUT2D eigenvalue weighted by molar-refractivity contribution is 6.10. The Morgan fingerprint density at radius 3 is 2.45 bits per heavy atom. The van der Waals surface area contributed by atoms with Gasteiger partial charge in [0.15, 0.2) is 0 Å². The number of likely N-dealkylation sites (tertiary alicyclic amines) is 1. The summed E-state index contributed by atoms with van der Waals surface area (Å²) in [6.07, 6.45) is 7.05. The van der Waals surface area contributed by atoms with Crippen molar-refractivity contribution in [3.63, 3.8) is 0 Å². The molecule has 2 heterocycles. The highest BCUT2D eigenvalue weighted by atomic mass is 16.5. The molecule has 0 N–H and O–H groups in total. The van der Waals surface area contributed by atoms with E-state index >= 15 is 0 Å². The van der Waals surface area contributed by atoms with Gasteiger partial charge in [0.1, 0.15) is 0 Å². The van der Waals surface area contributed by atoms with Crippen molar-refractivity contribution >= 4 is 17.7 Å². The molecule has 2 aliphatic rings. The quantitative estimate of drug-likeness (QED) is 0.403. The maximum absolute atomic E-state index is 13.0. The average molecular weight is 447 g/mol. The summed E-state index contributed by atoms with van der Waals surface area (Å²) in [5.41, 5.74) is 0.630. The molecule has 0 aromatic heterocycles. The number of carbonyl (C=O) groups is 2. The largest absolute Gasteiger partial charge is 0.456 e. The van der Waals surface area contributed by atoms with Gasteiger partial charge in [-0.1, -0.05) is 48.5 Å². The van der Waals surface area contributed by atoms with Crippen LogP contribution in [0.1, 0.15) is 43.2 Å². The van der Waals surface area contributed by atoms with Crippen LogP contribution in [0.5, 0.6) is 0 Å². The number of rotatable bonds is 10. The molecule has 2 aliphatic heterocycles. The Kier molecular flexibility index (Phi) is 7.68. The average Bonchev–Trinajstić information content (AvgIpc) is 3.50. The minimum absolute atomic E-state index is 0.0809. The van der Waals surface area contributed by atoms with Crippen molar-refractivity contribution in [2.45, 2.75) is 44.3 Å². The van der Waals surface area contributed by atoms with Crippen molar-refractivity contribution in [2.75, 3.05) is 19.7 Å². The minimum atomic E-state index is -1.25. The van der Waals surface area contributed by atoms with E-state index in [4.69, 9.17) is 9.47 Å². The fraction of sp³-hybridized carbons (Fsp3) is 0.370. The van der Waals surface area contributed by atoms with Crippen LogP contribution in [0.2, 0.25) is 0 Å². The van der Waals surface area contributed by atoms with Crippen LogP contribution in [0.25, 0.3) is 0 Å². The van der Waals surface area contributed by atoms with Crippen LogP contribution in [-0.2, 0) is 25.7 Å². The lowest BCUT2D eigenvalue weighted by atomic mass is 9.95. The van der Waals surface area contributed by atoms with Gasteiger partial charge in [-0.25, -0.2) is 0 Å². The lowest BCUT2D eigenvalue weighted by Crippen LogP contribution is -2.36. The highest BCUT2D eigenvalue weighted by Crippen LogP contribution is 2.30. The van der Waals surface area contributed by atoms with E-state index in [1.165, 1.54) is 6.08 Å². The van der Waals surface area contributed by atoms with Gasteiger partial charge in [-0.05, 0) is 49.5 Å². The molecule has 2 amide bonds. The Labute approximate surface area is 194 Å². The number of unbranched alkanes of at least 4 members (excludes halogenated alkanes) is 1. The zero-order chi connectivity index (χ0) is 22.9. The van der Waals surface area contributed by atoms with Crippen LogP contribution in [0, 0.1) is 0 Å². The first kappa shape index (κ1) is 22.9. The molecule has 0 radical (unpaired) electrons. The van der Waals surface area contributed by atoms with Crippen molar-refractivity contribution in [1.29, 1.82) is 0 Å². The Morgan fingerprint density at radius 2 is 1.73 bits per heavy atom. The van der Waals surface area contributed by atoms with Crippen LogP contribution in [0.3, 0.4) is 0 Å². The Hall–Kier alpha value is -3.25. The molecule has 1 saturated heterocycles. The number of aliphatic imine (C=N–C) groups is 1. The highest BCUT2D eigenvalue weighted by Gasteiger charge is 2.44. The van der Waals surface area contributed by atoms with Gasteiger partial charge in [0.2, 0.25) is 17.4 Å². The predicted molar refractivity (Wildman–Crippen MR) is 127 cm³/mol. The van der Waals surface area contributed by atoms with E-state index in [1.54, 1.807) is 11.0 Å². The summed E-state index contributed by atoms with van der Waals surface area (Å²) in [4.78, 5) is 31.6. The van der Waals surface area contributed by atoms with Gasteiger partial charge in [-0.15, -0.1) is 0 Å². The Balaban J connectivity index is 1.37. The third-order valence-corrected chi connectivity index (χ3v) is 5.98. The second-order valence-electron chi connectivity index (χ2n) is 8.44. The van der Waals surface area contributed by atoms with Gasteiger partial charge in [0.05, 0.1) is 6.61 Å². The molecule has 6 heteroatoms. The number of nitrogens with zero attached hydrogens (tertiary/aromatic N) is 2. The molecule has 2 aromatic carbocycles. The molecule has 2 aromatic rings. The van der Waals surface area contributed by atoms with Gasteiger partial charge >= 0.3 is 0 Å². The molecule has 33 heavy (non-hydrogen) atoms. The zero-order valence-corrected chi connectivity index (χ0v) is 18.8. The van der Waals surface area contributed by atoms with E-state index in [-0.39, 0.29) is 11.8 Å². The van der Waals surface area contributed by atoms with E-state index in [9.17, 15) is 9.59 Å². The summed E-state index contributed by atoms with van der Waals surface area (Å²) in [6, 6.07) is 19.4. The first-order chi connectivity index (χ1) is 16.2. The number of amides is 2. The number of hydrogen-bond acceptors (Lipinski definition) is 4. The maximum atomic E-state index is 13.0. The first-order valence-electron chi connectivity index (χ1n) is 11.6. The van der Waals surface area contributed by atoms with Gasteiger partial charge in [-0.2, -0.15) is 4.99 Å². The normalized spacial score (nSPS) is 20.3. The molecular weight excluding hydrogens is 416 g/mol. The fourth-order valence-electron chi connectivity index (χ4n) is 4.08. The molecule has 0 spiro atoms. The lowest BCUT2D eigenvalue weighted by Gasteiger charge is -2.23. The van der Waals surface area contributed by atoms with E-state index in [0.29, 0.717) is 32.0 Å². The van der Waals surface area contributed by atoms with Gasteiger partial charge in [0, 0.05) is 37.8 Å². The van der Waals surface area contributed by atoms with Gasteiger partial charge < -0.3 is 14.4 Å². The van der Waals surface area contributed by atoms with E-state index in [2.05, 4.69) is 4.99 Å². The smallest absolute Gasteiger partial charge is 0.297 e. The van der Waals surface area contributed by atoms with Crippen LogP contribution in [-0.4, -0.2) is 47.9 Å². The molecular formula is C27H30N2O4. The van der Waals surface area contributed by atoms with Crippen molar-refractivity contribution < 1.29 is 19.1 Å². The van der Waals surface area contributed by atoms with E-state index < -0.39 is 5.60 Å². The molecule has 6 nitrogen and oxygen atoms in total. The van der Waals surface area contributed by atoms with E-state index in [0.717, 1.165) is 43.5 Å². The molecule has 0 unspecified atom stereocenters. The predicted octanol–water partition coefficient (Wildman–Crippen LogP) is 4.29. The molecule has 4 rings (SSSR count). The monoisotopic (exact) mass is 446 g/mol. The van der Waals surface area contributed by atoms with Crippen molar-refractivity contribution in [1.82, 2.24) is 4.90 Å². The molecule has 1 fully saturated rings.